The second kappa shape index (κ2) is 9.93. The van der Waals surface area contributed by atoms with Gasteiger partial charge in [0, 0.05) is 24.5 Å². The van der Waals surface area contributed by atoms with Gasteiger partial charge in [-0.25, -0.2) is 9.07 Å². The molecule has 1 aromatic heterocycles. The summed E-state index contributed by atoms with van der Waals surface area (Å²) in [4.78, 5) is 27.2. The molecule has 0 unspecified atom stereocenters. The second-order valence-electron chi connectivity index (χ2n) is 7.90. The number of ether oxygens (including phenoxy) is 1. The van der Waals surface area contributed by atoms with Gasteiger partial charge in [0.2, 0.25) is 5.91 Å². The van der Waals surface area contributed by atoms with Crippen LogP contribution in [0.1, 0.15) is 21.7 Å². The Hall–Kier alpha value is -3.56. The molecular weight excluding hydrogens is 425 g/mol. The van der Waals surface area contributed by atoms with Crippen LogP contribution in [0.5, 0.6) is 0 Å². The maximum absolute atomic E-state index is 13.2. The fraction of sp³-hybridized carbons (Fsp3) is 0.292. The van der Waals surface area contributed by atoms with Crippen molar-refractivity contribution in [3.63, 3.8) is 0 Å². The van der Waals surface area contributed by atoms with Crippen molar-refractivity contribution in [2.75, 3.05) is 43.5 Å². The molecule has 2 amide bonds. The number of nitrogens with zero attached hydrogens (tertiary/aromatic N) is 3. The van der Waals surface area contributed by atoms with Crippen LogP contribution < -0.4 is 10.6 Å². The molecule has 3 aromatic rings. The van der Waals surface area contributed by atoms with Crippen LogP contribution in [0.3, 0.4) is 0 Å². The fourth-order valence-electron chi connectivity index (χ4n) is 3.80. The fourth-order valence-corrected chi connectivity index (χ4v) is 3.80. The number of nitrogens with one attached hydrogen (secondary N) is 2. The molecule has 0 atom stereocenters. The maximum atomic E-state index is 13.2. The van der Waals surface area contributed by atoms with Crippen molar-refractivity contribution in [1.29, 1.82) is 0 Å². The molecule has 0 radical (unpaired) electrons. The van der Waals surface area contributed by atoms with Crippen LogP contribution in [-0.2, 0) is 9.53 Å². The molecule has 1 aliphatic heterocycles. The maximum Gasteiger partial charge on any atom is 0.259 e. The van der Waals surface area contributed by atoms with E-state index in [-0.39, 0.29) is 17.6 Å². The third kappa shape index (κ3) is 5.44. The SMILES string of the molecule is Cc1nn(-c2ccc(F)cc2)c(C)c1C(=O)Nc1ccc(NC(=O)CN2CCOCC2)cc1. The number of carbonyl (C=O) groups excluding carboxylic acids is 2. The number of aromatic nitrogens is 2. The number of hydrogen-bond acceptors (Lipinski definition) is 5. The Morgan fingerprint density at radius 1 is 0.970 bits per heavy atom. The average Bonchev–Trinajstić information content (AvgIpc) is 3.10. The summed E-state index contributed by atoms with van der Waals surface area (Å²) in [5.74, 6) is -0.713. The van der Waals surface area contributed by atoms with Gasteiger partial charge >= 0.3 is 0 Å². The number of amides is 2. The van der Waals surface area contributed by atoms with Gasteiger partial charge in [-0.15, -0.1) is 0 Å². The Kier molecular flexibility index (Phi) is 6.81. The zero-order valence-corrected chi connectivity index (χ0v) is 18.6. The number of morpholine rings is 1. The lowest BCUT2D eigenvalue weighted by atomic mass is 10.1. The molecule has 0 aliphatic carbocycles. The smallest absolute Gasteiger partial charge is 0.259 e. The minimum Gasteiger partial charge on any atom is -0.379 e. The van der Waals surface area contributed by atoms with E-state index in [1.54, 1.807) is 54.9 Å². The first-order valence-corrected chi connectivity index (χ1v) is 10.7. The highest BCUT2D eigenvalue weighted by molar-refractivity contribution is 6.06. The molecule has 2 N–H and O–H groups in total. The minimum atomic E-state index is -0.334. The molecule has 2 heterocycles. The van der Waals surface area contributed by atoms with E-state index >= 15 is 0 Å². The van der Waals surface area contributed by atoms with Crippen molar-refractivity contribution < 1.29 is 18.7 Å². The van der Waals surface area contributed by atoms with Crippen LogP contribution in [0, 0.1) is 19.7 Å². The van der Waals surface area contributed by atoms with Crippen LogP contribution in [0.25, 0.3) is 5.69 Å². The molecule has 8 nitrogen and oxygen atoms in total. The Labute approximate surface area is 191 Å². The molecule has 0 spiro atoms. The molecule has 4 rings (SSSR count). The Balaban J connectivity index is 1.39. The van der Waals surface area contributed by atoms with Crippen molar-refractivity contribution >= 4 is 23.2 Å². The third-order valence-corrected chi connectivity index (χ3v) is 5.49. The van der Waals surface area contributed by atoms with Crippen molar-refractivity contribution in [3.8, 4) is 5.69 Å². The summed E-state index contributed by atoms with van der Waals surface area (Å²) in [6, 6.07) is 12.9. The largest absolute Gasteiger partial charge is 0.379 e. The quantitative estimate of drug-likeness (QED) is 0.601. The Morgan fingerprint density at radius 3 is 2.21 bits per heavy atom. The van der Waals surface area contributed by atoms with E-state index in [0.717, 1.165) is 13.1 Å². The molecule has 172 valence electrons. The summed E-state index contributed by atoms with van der Waals surface area (Å²) >= 11 is 0. The minimum absolute atomic E-state index is 0.0897. The zero-order chi connectivity index (χ0) is 23.4. The second-order valence-corrected chi connectivity index (χ2v) is 7.90. The monoisotopic (exact) mass is 451 g/mol. The van der Waals surface area contributed by atoms with Gasteiger partial charge in [-0.3, -0.25) is 14.5 Å². The third-order valence-electron chi connectivity index (χ3n) is 5.49. The predicted molar refractivity (Wildman–Crippen MR) is 123 cm³/mol. The topological polar surface area (TPSA) is 88.5 Å². The van der Waals surface area contributed by atoms with Crippen LogP contribution >= 0.6 is 0 Å². The zero-order valence-electron chi connectivity index (χ0n) is 18.6. The van der Waals surface area contributed by atoms with E-state index < -0.39 is 0 Å². The van der Waals surface area contributed by atoms with E-state index in [9.17, 15) is 14.0 Å². The number of benzene rings is 2. The van der Waals surface area contributed by atoms with E-state index in [4.69, 9.17) is 4.74 Å². The first kappa shape index (κ1) is 22.6. The van der Waals surface area contributed by atoms with Crippen LogP contribution in [0.15, 0.2) is 48.5 Å². The van der Waals surface area contributed by atoms with Gasteiger partial charge in [0.1, 0.15) is 5.82 Å². The normalized spacial score (nSPS) is 14.2. The summed E-state index contributed by atoms with van der Waals surface area (Å²) in [5, 5.41) is 10.2. The average molecular weight is 452 g/mol. The number of halogens is 1. The highest BCUT2D eigenvalue weighted by Gasteiger charge is 2.20. The van der Waals surface area contributed by atoms with Crippen molar-refractivity contribution in [1.82, 2.24) is 14.7 Å². The summed E-state index contributed by atoms with van der Waals surface area (Å²) in [6.45, 7) is 6.65. The molecule has 0 bridgehead atoms. The van der Waals surface area contributed by atoms with Crippen molar-refractivity contribution in [2.24, 2.45) is 0 Å². The lowest BCUT2D eigenvalue weighted by molar-refractivity contribution is -0.118. The first-order valence-electron chi connectivity index (χ1n) is 10.7. The molecule has 1 saturated heterocycles. The summed E-state index contributed by atoms with van der Waals surface area (Å²) in [5.41, 5.74) is 3.61. The molecule has 33 heavy (non-hydrogen) atoms. The summed E-state index contributed by atoms with van der Waals surface area (Å²) < 4.78 is 20.2. The lowest BCUT2D eigenvalue weighted by Crippen LogP contribution is -2.41. The van der Waals surface area contributed by atoms with Gasteiger partial charge in [0.15, 0.2) is 0 Å². The summed E-state index contributed by atoms with van der Waals surface area (Å²) in [6.07, 6.45) is 0. The number of anilines is 2. The number of carbonyl (C=O) groups is 2. The molecule has 0 saturated carbocycles. The number of hydrogen-bond donors (Lipinski definition) is 2. The van der Waals surface area contributed by atoms with Gasteiger partial charge in [-0.2, -0.15) is 5.10 Å². The van der Waals surface area contributed by atoms with E-state index in [1.807, 2.05) is 4.90 Å². The van der Waals surface area contributed by atoms with Crippen LogP contribution in [-0.4, -0.2) is 59.3 Å². The predicted octanol–water partition coefficient (Wildman–Crippen LogP) is 3.15. The van der Waals surface area contributed by atoms with Gasteiger partial charge in [0.25, 0.3) is 5.91 Å². The highest BCUT2D eigenvalue weighted by Crippen LogP contribution is 2.21. The highest BCUT2D eigenvalue weighted by atomic mass is 19.1. The molecule has 2 aromatic carbocycles. The van der Waals surface area contributed by atoms with E-state index in [2.05, 4.69) is 15.7 Å². The summed E-state index contributed by atoms with van der Waals surface area (Å²) in [7, 11) is 0. The van der Waals surface area contributed by atoms with Crippen molar-refractivity contribution in [2.45, 2.75) is 13.8 Å². The molecule has 9 heteroatoms. The Morgan fingerprint density at radius 2 is 1.58 bits per heavy atom. The van der Waals surface area contributed by atoms with Gasteiger partial charge < -0.3 is 15.4 Å². The van der Waals surface area contributed by atoms with Crippen LogP contribution in [0.4, 0.5) is 15.8 Å². The van der Waals surface area contributed by atoms with E-state index in [1.165, 1.54) is 12.1 Å². The molecular formula is C24H26FN5O3. The van der Waals surface area contributed by atoms with E-state index in [0.29, 0.717) is 53.8 Å². The standard InChI is InChI=1S/C24H26FN5O3/c1-16-23(17(2)30(28-16)21-9-3-18(25)4-10-21)24(32)27-20-7-5-19(6-8-20)26-22(31)15-29-11-13-33-14-12-29/h3-10H,11-15H2,1-2H3,(H,26,31)(H,27,32). The lowest BCUT2D eigenvalue weighted by Gasteiger charge is -2.25. The van der Waals surface area contributed by atoms with Gasteiger partial charge in [-0.05, 0) is 62.4 Å². The molecule has 1 fully saturated rings. The molecule has 1 aliphatic rings. The van der Waals surface area contributed by atoms with Crippen molar-refractivity contribution in [3.05, 3.63) is 71.3 Å². The number of aryl methyl sites for hydroxylation is 1. The van der Waals surface area contributed by atoms with Gasteiger partial charge in [-0.1, -0.05) is 0 Å². The number of rotatable bonds is 6. The van der Waals surface area contributed by atoms with Gasteiger partial charge in [0.05, 0.1) is 42.4 Å². The van der Waals surface area contributed by atoms with Crippen LogP contribution in [0.2, 0.25) is 0 Å². The first-order chi connectivity index (χ1) is 15.9. The Bertz CT molecular complexity index is 1140.